The average molecular weight is 276 g/mol. The summed E-state index contributed by atoms with van der Waals surface area (Å²) in [6.07, 6.45) is 0. The van der Waals surface area contributed by atoms with E-state index >= 15 is 0 Å². The second-order valence-corrected chi connectivity index (χ2v) is 3.86. The van der Waals surface area contributed by atoms with Gasteiger partial charge in [0.25, 0.3) is 0 Å². The highest BCUT2D eigenvalue weighted by Crippen LogP contribution is 2.44. The lowest BCUT2D eigenvalue weighted by molar-refractivity contribution is -0.422. The van der Waals surface area contributed by atoms with Crippen molar-refractivity contribution >= 4 is 11.4 Å². The summed E-state index contributed by atoms with van der Waals surface area (Å²) >= 11 is 0. The number of hydrogen-bond acceptors (Lipinski definition) is 6. The Morgan fingerprint density at radius 2 is 1.40 bits per heavy atom. The number of aromatic hydroxyl groups is 2. The molecular formula is C12H8N2O6. The first-order valence-corrected chi connectivity index (χ1v) is 5.36. The van der Waals surface area contributed by atoms with E-state index in [-0.39, 0.29) is 11.1 Å². The van der Waals surface area contributed by atoms with Crippen molar-refractivity contribution < 1.29 is 20.1 Å². The predicted octanol–water partition coefficient (Wildman–Crippen LogP) is 2.58. The predicted molar refractivity (Wildman–Crippen MR) is 68.5 cm³/mol. The quantitative estimate of drug-likeness (QED) is 0.655. The second-order valence-electron chi connectivity index (χ2n) is 3.86. The molecule has 2 rings (SSSR count). The molecule has 0 fully saturated rings. The molecule has 8 heteroatoms. The molecule has 0 aliphatic heterocycles. The van der Waals surface area contributed by atoms with E-state index in [1.54, 1.807) is 0 Å². The summed E-state index contributed by atoms with van der Waals surface area (Å²) in [5, 5.41) is 41.4. The maximum atomic E-state index is 11.1. The van der Waals surface area contributed by atoms with Crippen LogP contribution < -0.4 is 0 Å². The third-order valence-corrected chi connectivity index (χ3v) is 2.68. The zero-order valence-electron chi connectivity index (χ0n) is 9.89. The maximum absolute atomic E-state index is 11.1. The van der Waals surface area contributed by atoms with Gasteiger partial charge < -0.3 is 10.2 Å². The average Bonchev–Trinajstić information content (AvgIpc) is 2.37. The number of phenols is 2. The van der Waals surface area contributed by atoms with E-state index in [2.05, 4.69) is 0 Å². The maximum Gasteiger partial charge on any atom is 0.354 e. The Bertz CT molecular complexity index is 693. The summed E-state index contributed by atoms with van der Waals surface area (Å²) in [5.41, 5.74) is -1.94. The van der Waals surface area contributed by atoms with Crippen LogP contribution >= 0.6 is 0 Å². The number of hydrogen-bond donors (Lipinski definition) is 2. The van der Waals surface area contributed by atoms with Crippen molar-refractivity contribution in [1.82, 2.24) is 0 Å². The van der Waals surface area contributed by atoms with Crippen LogP contribution in [0.15, 0.2) is 36.4 Å². The first-order valence-electron chi connectivity index (χ1n) is 5.36. The highest BCUT2D eigenvalue weighted by Gasteiger charge is 2.30. The zero-order valence-corrected chi connectivity index (χ0v) is 9.89. The molecule has 0 atom stereocenters. The summed E-state index contributed by atoms with van der Waals surface area (Å²) < 4.78 is 0. The highest BCUT2D eigenvalue weighted by molar-refractivity contribution is 5.86. The number of para-hydroxylation sites is 1. The number of nitrogens with zero attached hydrogens (tertiary/aromatic N) is 2. The molecule has 0 saturated heterocycles. The number of nitro benzene ring substituents is 2. The Hall–Kier alpha value is -3.16. The van der Waals surface area contributed by atoms with Gasteiger partial charge in [-0.1, -0.05) is 12.1 Å². The Kier molecular flexibility index (Phi) is 3.21. The van der Waals surface area contributed by atoms with Crippen LogP contribution in [0.25, 0.3) is 11.1 Å². The van der Waals surface area contributed by atoms with Crippen molar-refractivity contribution in [3.05, 3.63) is 56.6 Å². The summed E-state index contributed by atoms with van der Waals surface area (Å²) in [7, 11) is 0. The van der Waals surface area contributed by atoms with Crippen LogP contribution in [-0.2, 0) is 0 Å². The number of rotatable bonds is 3. The topological polar surface area (TPSA) is 127 Å². The van der Waals surface area contributed by atoms with E-state index in [9.17, 15) is 30.4 Å². The number of phenolic OH excluding ortho intramolecular Hbond substituents is 2. The Labute approximate surface area is 111 Å². The molecule has 0 radical (unpaired) electrons. The molecular weight excluding hydrogens is 268 g/mol. The molecule has 20 heavy (non-hydrogen) atoms. The van der Waals surface area contributed by atoms with Crippen molar-refractivity contribution in [3.8, 4) is 22.6 Å². The minimum atomic E-state index is -0.917. The van der Waals surface area contributed by atoms with Gasteiger partial charge in [0.05, 0.1) is 21.0 Å². The first kappa shape index (κ1) is 13.3. The molecule has 0 bridgehead atoms. The zero-order chi connectivity index (χ0) is 14.9. The largest absolute Gasteiger partial charge is 0.507 e. The molecule has 0 aliphatic carbocycles. The van der Waals surface area contributed by atoms with E-state index in [1.807, 2.05) is 0 Å². The van der Waals surface area contributed by atoms with E-state index in [0.717, 1.165) is 6.07 Å². The SMILES string of the molecule is O=[N+]([O-])c1cccc(-c2c(O)cccc2O)c1[N+](=O)[O-]. The van der Waals surface area contributed by atoms with Crippen molar-refractivity contribution in [3.63, 3.8) is 0 Å². The first-order chi connectivity index (χ1) is 9.43. The third kappa shape index (κ3) is 2.09. The van der Waals surface area contributed by atoms with Gasteiger partial charge in [0.15, 0.2) is 0 Å². The molecule has 2 N–H and O–H groups in total. The van der Waals surface area contributed by atoms with Crippen LogP contribution in [0.1, 0.15) is 0 Å². The molecule has 0 aromatic heterocycles. The lowest BCUT2D eigenvalue weighted by Gasteiger charge is -2.07. The van der Waals surface area contributed by atoms with Gasteiger partial charge in [0, 0.05) is 6.07 Å². The second kappa shape index (κ2) is 4.84. The van der Waals surface area contributed by atoms with Gasteiger partial charge in [-0.15, -0.1) is 0 Å². The fraction of sp³-hybridized carbons (Fsp3) is 0. The molecule has 2 aromatic carbocycles. The minimum Gasteiger partial charge on any atom is -0.507 e. The van der Waals surface area contributed by atoms with E-state index in [0.29, 0.717) is 0 Å². The smallest absolute Gasteiger partial charge is 0.354 e. The van der Waals surface area contributed by atoms with Crippen LogP contribution in [-0.4, -0.2) is 20.1 Å². The fourth-order valence-electron chi connectivity index (χ4n) is 1.88. The van der Waals surface area contributed by atoms with Crippen LogP contribution in [0.2, 0.25) is 0 Å². The highest BCUT2D eigenvalue weighted by atomic mass is 16.6. The van der Waals surface area contributed by atoms with Crippen molar-refractivity contribution in [2.75, 3.05) is 0 Å². The van der Waals surface area contributed by atoms with E-state index < -0.39 is 32.7 Å². The van der Waals surface area contributed by atoms with Crippen LogP contribution in [0.3, 0.4) is 0 Å². The van der Waals surface area contributed by atoms with E-state index in [4.69, 9.17) is 0 Å². The third-order valence-electron chi connectivity index (χ3n) is 2.68. The van der Waals surface area contributed by atoms with Gasteiger partial charge in [0.1, 0.15) is 11.5 Å². The monoisotopic (exact) mass is 276 g/mol. The van der Waals surface area contributed by atoms with Crippen LogP contribution in [0.4, 0.5) is 11.4 Å². The van der Waals surface area contributed by atoms with Gasteiger partial charge in [-0.05, 0) is 18.2 Å². The number of nitro groups is 2. The molecule has 0 heterocycles. The van der Waals surface area contributed by atoms with Gasteiger partial charge in [-0.25, -0.2) is 0 Å². The van der Waals surface area contributed by atoms with Gasteiger partial charge in [-0.3, -0.25) is 20.2 Å². The molecule has 102 valence electrons. The lowest BCUT2D eigenvalue weighted by atomic mass is 10.0. The van der Waals surface area contributed by atoms with Crippen molar-refractivity contribution in [2.24, 2.45) is 0 Å². The van der Waals surface area contributed by atoms with Crippen LogP contribution in [0, 0.1) is 20.2 Å². The van der Waals surface area contributed by atoms with Gasteiger partial charge in [0.2, 0.25) is 0 Å². The molecule has 0 aliphatic rings. The van der Waals surface area contributed by atoms with Crippen LogP contribution in [0.5, 0.6) is 11.5 Å². The molecule has 0 saturated carbocycles. The van der Waals surface area contributed by atoms with Gasteiger partial charge in [-0.2, -0.15) is 0 Å². The molecule has 8 nitrogen and oxygen atoms in total. The van der Waals surface area contributed by atoms with Gasteiger partial charge >= 0.3 is 11.4 Å². The lowest BCUT2D eigenvalue weighted by Crippen LogP contribution is -1.99. The summed E-state index contributed by atoms with van der Waals surface area (Å²) in [6, 6.07) is 7.23. The summed E-state index contributed by atoms with van der Waals surface area (Å²) in [4.78, 5) is 20.1. The Morgan fingerprint density at radius 1 is 0.850 bits per heavy atom. The summed E-state index contributed by atoms with van der Waals surface area (Å²) in [6.45, 7) is 0. The Morgan fingerprint density at radius 3 is 1.90 bits per heavy atom. The summed E-state index contributed by atoms with van der Waals surface area (Å²) in [5.74, 6) is -0.817. The molecule has 0 spiro atoms. The molecule has 2 aromatic rings. The van der Waals surface area contributed by atoms with Crippen molar-refractivity contribution in [1.29, 1.82) is 0 Å². The van der Waals surface area contributed by atoms with E-state index in [1.165, 1.54) is 30.3 Å². The Balaban J connectivity index is 2.85. The molecule has 0 amide bonds. The van der Waals surface area contributed by atoms with Crippen molar-refractivity contribution in [2.45, 2.75) is 0 Å². The number of benzene rings is 2. The fourth-order valence-corrected chi connectivity index (χ4v) is 1.88. The standard InChI is InChI=1S/C12H8N2O6/c15-9-5-2-6-10(16)11(9)7-3-1-4-8(13(17)18)12(7)14(19)20/h1-6,15-16H. The molecule has 0 unspecified atom stereocenters. The normalized spacial score (nSPS) is 10.2. The minimum absolute atomic E-state index is 0.220.